The highest BCUT2D eigenvalue weighted by molar-refractivity contribution is 7.16. The fraction of sp³-hybridized carbons (Fsp3) is 0.0877. The number of benzene rings is 5. The molecule has 9 heteroatoms. The first kappa shape index (κ1) is 43.5. The van der Waals surface area contributed by atoms with E-state index in [-0.39, 0.29) is 0 Å². The number of carbonyl (C=O) groups is 2. The second-order valence-corrected chi connectivity index (χ2v) is 18.6. The standard InChI is InChI=1S/C57H47N3O4S2/c1-36-14-20-41(21-15-36)60(42-22-16-39(17-23-42)54-32-28-44(65-54)26-30-50-46-10-6-8-12-48(46)52(58(50)4)34-37(2)56(61)62)43-24-18-40(19-25-43)55-33-29-45(66-55)27-31-51-47-11-7-9-13-49(47)53(59(51)5)35-38(3)57(63)64/h6-35H,1-5H3,(H,61,62)(H,63,64). The third-order valence-corrected chi connectivity index (χ3v) is 14.2. The molecule has 0 fully saturated rings. The van der Waals surface area contributed by atoms with Gasteiger partial charge in [-0.3, -0.25) is 0 Å². The number of nitrogens with zero attached hydrogens (tertiary/aromatic N) is 3. The number of aliphatic carboxylic acids is 2. The molecule has 0 spiro atoms. The molecule has 0 aliphatic rings. The molecule has 0 radical (unpaired) electrons. The summed E-state index contributed by atoms with van der Waals surface area (Å²) < 4.78 is 4.12. The van der Waals surface area contributed by atoms with Crippen molar-refractivity contribution in [3.05, 3.63) is 195 Å². The maximum Gasteiger partial charge on any atom is 0.331 e. The molecule has 2 N–H and O–H groups in total. The highest BCUT2D eigenvalue weighted by Crippen LogP contribution is 2.39. The maximum atomic E-state index is 11.6. The van der Waals surface area contributed by atoms with Gasteiger partial charge in [0.1, 0.15) is 0 Å². The summed E-state index contributed by atoms with van der Waals surface area (Å²) in [5.41, 5.74) is 11.0. The maximum absolute atomic E-state index is 11.6. The summed E-state index contributed by atoms with van der Waals surface area (Å²) in [5, 5.41) is 23.3. The van der Waals surface area contributed by atoms with Crippen molar-refractivity contribution in [2.75, 3.05) is 4.90 Å². The second kappa shape index (κ2) is 18.4. The zero-order chi connectivity index (χ0) is 46.1. The summed E-state index contributed by atoms with van der Waals surface area (Å²) in [6.45, 7) is 5.35. The first-order chi connectivity index (χ1) is 31.9. The second-order valence-electron chi connectivity index (χ2n) is 16.4. The van der Waals surface area contributed by atoms with Crippen LogP contribution in [0.25, 0.3) is 78.9 Å². The Bertz CT molecular complexity index is 3200. The smallest absolute Gasteiger partial charge is 0.331 e. The van der Waals surface area contributed by atoms with Gasteiger partial charge in [-0.25, -0.2) is 9.59 Å². The van der Waals surface area contributed by atoms with E-state index in [2.05, 4.69) is 154 Å². The van der Waals surface area contributed by atoms with E-state index >= 15 is 0 Å². The lowest BCUT2D eigenvalue weighted by Gasteiger charge is -2.26. The van der Waals surface area contributed by atoms with Crippen LogP contribution in [0, 0.1) is 6.92 Å². The van der Waals surface area contributed by atoms with Gasteiger partial charge in [0.25, 0.3) is 0 Å². The van der Waals surface area contributed by atoms with Gasteiger partial charge >= 0.3 is 11.9 Å². The number of hydrogen-bond donors (Lipinski definition) is 2. The fourth-order valence-corrected chi connectivity index (χ4v) is 10.2. The van der Waals surface area contributed by atoms with Crippen LogP contribution in [0.15, 0.2) is 157 Å². The molecule has 0 aliphatic heterocycles. The third-order valence-electron chi connectivity index (χ3n) is 12.0. The van der Waals surface area contributed by atoms with Gasteiger partial charge in [-0.2, -0.15) is 0 Å². The Labute approximate surface area is 392 Å². The largest absolute Gasteiger partial charge is 0.478 e. The minimum atomic E-state index is -0.927. The first-order valence-corrected chi connectivity index (χ1v) is 23.2. The molecule has 0 unspecified atom stereocenters. The van der Waals surface area contributed by atoms with Crippen molar-refractivity contribution in [3.8, 4) is 20.9 Å². The molecular weight excluding hydrogens is 855 g/mol. The van der Waals surface area contributed by atoms with E-state index < -0.39 is 11.9 Å². The normalized spacial score (nSPS) is 12.3. The molecule has 0 amide bonds. The number of fused-ring (bicyclic) bond motifs is 2. The Morgan fingerprint density at radius 1 is 0.470 bits per heavy atom. The van der Waals surface area contributed by atoms with E-state index in [0.717, 1.165) is 82.3 Å². The van der Waals surface area contributed by atoms with Crippen LogP contribution in [-0.4, -0.2) is 31.3 Å². The van der Waals surface area contributed by atoms with Crippen LogP contribution in [0.5, 0.6) is 0 Å². The van der Waals surface area contributed by atoms with E-state index in [1.165, 1.54) is 15.3 Å². The number of aryl methyl sites for hydroxylation is 1. The molecule has 0 atom stereocenters. The van der Waals surface area contributed by atoms with Crippen LogP contribution in [-0.2, 0) is 23.7 Å². The Hall–Kier alpha value is -7.72. The van der Waals surface area contributed by atoms with Crippen molar-refractivity contribution in [2.24, 2.45) is 14.1 Å². The lowest BCUT2D eigenvalue weighted by atomic mass is 10.1. The van der Waals surface area contributed by atoms with Crippen molar-refractivity contribution in [3.63, 3.8) is 0 Å². The highest BCUT2D eigenvalue weighted by atomic mass is 32.1. The number of aromatic nitrogens is 2. The SMILES string of the molecule is CC(=Cc1c2ccccc2c(C=Cc2ccc(-c3ccc(N(c4ccc(C)cc4)c4ccc(-c5ccc(C=Cc6c7ccccc7c(C=C(C)C(=O)O)n6C)s5)cc4)cc3)s2)n1C)C(=O)O. The number of thiophene rings is 2. The predicted molar refractivity (Wildman–Crippen MR) is 279 cm³/mol. The van der Waals surface area contributed by atoms with Gasteiger partial charge in [-0.15, -0.1) is 22.7 Å². The molecular formula is C57H47N3O4S2. The van der Waals surface area contributed by atoms with Gasteiger partial charge in [0, 0.05) is 106 Å². The summed E-state index contributed by atoms with van der Waals surface area (Å²) >= 11 is 3.46. The third kappa shape index (κ3) is 8.74. The average Bonchev–Trinajstić information content (AvgIpc) is 4.11. The minimum Gasteiger partial charge on any atom is -0.478 e. The zero-order valence-electron chi connectivity index (χ0n) is 37.2. The van der Waals surface area contributed by atoms with Crippen molar-refractivity contribution in [1.82, 2.24) is 9.13 Å². The molecule has 9 rings (SSSR count). The quantitative estimate of drug-likeness (QED) is 0.113. The number of anilines is 3. The van der Waals surface area contributed by atoms with E-state index in [9.17, 15) is 19.8 Å². The molecule has 4 aromatic heterocycles. The fourth-order valence-electron chi connectivity index (χ4n) is 8.34. The van der Waals surface area contributed by atoms with E-state index in [4.69, 9.17) is 0 Å². The van der Waals surface area contributed by atoms with Gasteiger partial charge in [0.05, 0.1) is 0 Å². The lowest BCUT2D eigenvalue weighted by molar-refractivity contribution is -0.133. The Kier molecular flexibility index (Phi) is 12.1. The molecule has 326 valence electrons. The van der Waals surface area contributed by atoms with Gasteiger partial charge in [-0.05, 0) is 129 Å². The number of rotatable bonds is 13. The van der Waals surface area contributed by atoms with Crippen LogP contribution in [0.1, 0.15) is 51.9 Å². The molecule has 4 heterocycles. The lowest BCUT2D eigenvalue weighted by Crippen LogP contribution is -2.09. The highest BCUT2D eigenvalue weighted by Gasteiger charge is 2.17. The van der Waals surface area contributed by atoms with Crippen LogP contribution >= 0.6 is 22.7 Å². The van der Waals surface area contributed by atoms with Crippen LogP contribution < -0.4 is 4.90 Å². The van der Waals surface area contributed by atoms with Crippen molar-refractivity contribution in [2.45, 2.75) is 20.8 Å². The van der Waals surface area contributed by atoms with E-state index in [1.54, 1.807) is 48.7 Å². The van der Waals surface area contributed by atoms with Gasteiger partial charge in [0.15, 0.2) is 0 Å². The van der Waals surface area contributed by atoms with Crippen molar-refractivity contribution < 1.29 is 19.8 Å². The Morgan fingerprint density at radius 2 is 0.818 bits per heavy atom. The molecule has 0 saturated carbocycles. The average molecular weight is 902 g/mol. The van der Waals surface area contributed by atoms with Crippen molar-refractivity contribution >= 4 is 110 Å². The summed E-state index contributed by atoms with van der Waals surface area (Å²) in [4.78, 5) is 30.1. The minimum absolute atomic E-state index is 0.291. The van der Waals surface area contributed by atoms with Gasteiger partial charge in [-0.1, -0.05) is 90.5 Å². The summed E-state index contributed by atoms with van der Waals surface area (Å²) in [5.74, 6) is -1.85. The van der Waals surface area contributed by atoms with E-state index in [1.807, 2.05) is 50.5 Å². The first-order valence-electron chi connectivity index (χ1n) is 21.5. The van der Waals surface area contributed by atoms with Crippen LogP contribution in [0.2, 0.25) is 0 Å². The predicted octanol–water partition coefficient (Wildman–Crippen LogP) is 15.2. The summed E-state index contributed by atoms with van der Waals surface area (Å²) in [6.07, 6.45) is 12.0. The Balaban J connectivity index is 0.948. The topological polar surface area (TPSA) is 87.7 Å². The molecule has 5 aromatic carbocycles. The number of carboxylic acids is 2. The number of hydrogen-bond acceptors (Lipinski definition) is 5. The molecule has 66 heavy (non-hydrogen) atoms. The van der Waals surface area contributed by atoms with Gasteiger partial charge in [0.2, 0.25) is 0 Å². The summed E-state index contributed by atoms with van der Waals surface area (Å²) in [7, 11) is 3.96. The molecule has 0 bridgehead atoms. The number of carboxylic acid groups (broad SMARTS) is 2. The monoisotopic (exact) mass is 901 g/mol. The molecule has 7 nitrogen and oxygen atoms in total. The Morgan fingerprint density at radius 3 is 1.18 bits per heavy atom. The van der Waals surface area contributed by atoms with E-state index in [0.29, 0.717) is 11.1 Å². The molecule has 0 saturated heterocycles. The zero-order valence-corrected chi connectivity index (χ0v) is 38.8. The van der Waals surface area contributed by atoms with Crippen LogP contribution in [0.4, 0.5) is 17.1 Å². The molecule has 9 aromatic rings. The van der Waals surface area contributed by atoms with Crippen LogP contribution in [0.3, 0.4) is 0 Å². The van der Waals surface area contributed by atoms with Gasteiger partial charge < -0.3 is 24.2 Å². The van der Waals surface area contributed by atoms with Crippen molar-refractivity contribution in [1.29, 1.82) is 0 Å². The summed E-state index contributed by atoms with van der Waals surface area (Å²) in [6, 6.07) is 50.9. The molecule has 0 aliphatic carbocycles.